The number of amides is 1. The SMILES string of the molecule is COc1cccc(OCC(=O)Nc2cc(N3CCOCC3)ncn2)c1. The number of ether oxygens (including phenoxy) is 3. The number of benzene rings is 1. The van der Waals surface area contributed by atoms with E-state index in [1.54, 1.807) is 37.4 Å². The van der Waals surface area contributed by atoms with Gasteiger partial charge in [0.1, 0.15) is 29.5 Å². The maximum atomic E-state index is 12.1. The van der Waals surface area contributed by atoms with E-state index in [1.807, 2.05) is 0 Å². The van der Waals surface area contributed by atoms with Crippen LogP contribution in [-0.2, 0) is 9.53 Å². The van der Waals surface area contributed by atoms with E-state index < -0.39 is 0 Å². The van der Waals surface area contributed by atoms with Gasteiger partial charge in [-0.05, 0) is 12.1 Å². The Morgan fingerprint density at radius 3 is 2.84 bits per heavy atom. The van der Waals surface area contributed by atoms with Crippen LogP contribution in [0, 0.1) is 0 Å². The number of rotatable bonds is 6. The molecule has 0 saturated carbocycles. The third-order valence-electron chi connectivity index (χ3n) is 3.67. The number of methoxy groups -OCH3 is 1. The molecule has 0 unspecified atom stereocenters. The van der Waals surface area contributed by atoms with Gasteiger partial charge in [-0.1, -0.05) is 6.07 Å². The van der Waals surface area contributed by atoms with Crippen molar-refractivity contribution in [1.82, 2.24) is 9.97 Å². The monoisotopic (exact) mass is 344 g/mol. The molecule has 1 saturated heterocycles. The Hall–Kier alpha value is -2.87. The summed E-state index contributed by atoms with van der Waals surface area (Å²) in [5, 5.41) is 2.72. The lowest BCUT2D eigenvalue weighted by molar-refractivity contribution is -0.118. The number of anilines is 2. The van der Waals surface area contributed by atoms with Crippen molar-refractivity contribution in [3.05, 3.63) is 36.7 Å². The number of carbonyl (C=O) groups is 1. The highest BCUT2D eigenvalue weighted by Gasteiger charge is 2.14. The largest absolute Gasteiger partial charge is 0.497 e. The Balaban J connectivity index is 1.55. The highest BCUT2D eigenvalue weighted by molar-refractivity contribution is 5.91. The van der Waals surface area contributed by atoms with E-state index in [4.69, 9.17) is 14.2 Å². The average molecular weight is 344 g/mol. The minimum Gasteiger partial charge on any atom is -0.497 e. The summed E-state index contributed by atoms with van der Waals surface area (Å²) in [7, 11) is 1.58. The molecule has 25 heavy (non-hydrogen) atoms. The normalized spacial score (nSPS) is 14.0. The van der Waals surface area contributed by atoms with Crippen molar-refractivity contribution in [2.24, 2.45) is 0 Å². The minimum absolute atomic E-state index is 0.121. The smallest absolute Gasteiger partial charge is 0.263 e. The van der Waals surface area contributed by atoms with Gasteiger partial charge in [-0.2, -0.15) is 0 Å². The number of nitrogens with one attached hydrogen (secondary N) is 1. The minimum atomic E-state index is -0.297. The fraction of sp³-hybridized carbons (Fsp3) is 0.353. The highest BCUT2D eigenvalue weighted by atomic mass is 16.5. The van der Waals surface area contributed by atoms with E-state index in [0.29, 0.717) is 30.5 Å². The molecule has 1 aromatic carbocycles. The van der Waals surface area contributed by atoms with Gasteiger partial charge in [0.25, 0.3) is 5.91 Å². The maximum absolute atomic E-state index is 12.1. The van der Waals surface area contributed by atoms with Gasteiger partial charge in [-0.25, -0.2) is 9.97 Å². The van der Waals surface area contributed by atoms with Crippen LogP contribution in [0.2, 0.25) is 0 Å². The molecule has 2 heterocycles. The lowest BCUT2D eigenvalue weighted by Crippen LogP contribution is -2.36. The molecule has 1 N–H and O–H groups in total. The first-order chi connectivity index (χ1) is 12.2. The lowest BCUT2D eigenvalue weighted by Gasteiger charge is -2.27. The number of morpholine rings is 1. The Morgan fingerprint density at radius 2 is 2.04 bits per heavy atom. The van der Waals surface area contributed by atoms with Gasteiger partial charge in [0.05, 0.1) is 20.3 Å². The molecule has 2 aromatic rings. The van der Waals surface area contributed by atoms with Crippen molar-refractivity contribution >= 4 is 17.5 Å². The first-order valence-corrected chi connectivity index (χ1v) is 7.96. The van der Waals surface area contributed by atoms with Gasteiger partial charge < -0.3 is 24.4 Å². The van der Waals surface area contributed by atoms with Crippen molar-refractivity contribution in [3.8, 4) is 11.5 Å². The molecule has 0 bridgehead atoms. The number of hydrogen-bond acceptors (Lipinski definition) is 7. The summed E-state index contributed by atoms with van der Waals surface area (Å²) in [6, 6.07) is 8.83. The van der Waals surface area contributed by atoms with Crippen molar-refractivity contribution < 1.29 is 19.0 Å². The topological polar surface area (TPSA) is 85.8 Å². The van der Waals surface area contributed by atoms with Gasteiger partial charge in [0.2, 0.25) is 0 Å². The summed E-state index contributed by atoms with van der Waals surface area (Å²) in [6.45, 7) is 2.75. The van der Waals surface area contributed by atoms with E-state index in [1.165, 1.54) is 6.33 Å². The Labute approximate surface area is 145 Å². The molecule has 1 aliphatic rings. The number of aromatic nitrogens is 2. The van der Waals surface area contributed by atoms with E-state index in [2.05, 4.69) is 20.2 Å². The molecule has 0 aliphatic carbocycles. The van der Waals surface area contributed by atoms with E-state index in [0.717, 1.165) is 18.9 Å². The van der Waals surface area contributed by atoms with E-state index >= 15 is 0 Å². The van der Waals surface area contributed by atoms with Crippen molar-refractivity contribution in [2.75, 3.05) is 50.2 Å². The fourth-order valence-electron chi connectivity index (χ4n) is 2.40. The van der Waals surface area contributed by atoms with Crippen LogP contribution in [0.1, 0.15) is 0 Å². The summed E-state index contributed by atoms with van der Waals surface area (Å²) in [5.74, 6) is 2.14. The van der Waals surface area contributed by atoms with Crippen LogP contribution in [0.25, 0.3) is 0 Å². The average Bonchev–Trinajstić information content (AvgIpc) is 2.67. The number of nitrogens with zero attached hydrogens (tertiary/aromatic N) is 3. The Kier molecular flexibility index (Phi) is 5.63. The first kappa shape index (κ1) is 17.0. The Bertz CT molecular complexity index is 719. The molecule has 3 rings (SSSR count). The van der Waals surface area contributed by atoms with E-state index in [-0.39, 0.29) is 12.5 Å². The zero-order chi connectivity index (χ0) is 17.5. The highest BCUT2D eigenvalue weighted by Crippen LogP contribution is 2.19. The molecule has 8 heteroatoms. The van der Waals surface area contributed by atoms with Crippen LogP contribution in [0.5, 0.6) is 11.5 Å². The lowest BCUT2D eigenvalue weighted by atomic mass is 10.3. The van der Waals surface area contributed by atoms with Crippen LogP contribution in [0.4, 0.5) is 11.6 Å². The van der Waals surface area contributed by atoms with Crippen LogP contribution in [0.3, 0.4) is 0 Å². The molecule has 1 aromatic heterocycles. The van der Waals surface area contributed by atoms with Crippen molar-refractivity contribution in [2.45, 2.75) is 0 Å². The second kappa shape index (κ2) is 8.29. The summed E-state index contributed by atoms with van der Waals surface area (Å²) < 4.78 is 15.9. The first-order valence-electron chi connectivity index (χ1n) is 7.96. The molecule has 0 radical (unpaired) electrons. The van der Waals surface area contributed by atoms with Crippen molar-refractivity contribution in [3.63, 3.8) is 0 Å². The molecule has 1 aliphatic heterocycles. The van der Waals surface area contributed by atoms with E-state index in [9.17, 15) is 4.79 Å². The second-order valence-corrected chi connectivity index (χ2v) is 5.38. The zero-order valence-corrected chi connectivity index (χ0v) is 14.0. The Morgan fingerprint density at radius 1 is 1.24 bits per heavy atom. The van der Waals surface area contributed by atoms with Crippen molar-refractivity contribution in [1.29, 1.82) is 0 Å². The van der Waals surface area contributed by atoms with Gasteiger partial charge in [-0.3, -0.25) is 4.79 Å². The quantitative estimate of drug-likeness (QED) is 0.846. The standard InChI is InChI=1S/C17H20N4O4/c1-23-13-3-2-4-14(9-13)25-11-17(22)20-15-10-16(19-12-18-15)21-5-7-24-8-6-21/h2-4,9-10,12H,5-8,11H2,1H3,(H,18,19,20,22). The molecular weight excluding hydrogens is 324 g/mol. The molecular formula is C17H20N4O4. The predicted molar refractivity (Wildman–Crippen MR) is 92.2 cm³/mol. The summed E-state index contributed by atoms with van der Waals surface area (Å²) in [5.41, 5.74) is 0. The molecule has 1 amide bonds. The molecule has 0 spiro atoms. The van der Waals surface area contributed by atoms with Crippen LogP contribution >= 0.6 is 0 Å². The van der Waals surface area contributed by atoms with Crippen LogP contribution < -0.4 is 19.7 Å². The van der Waals surface area contributed by atoms with Gasteiger partial charge in [0.15, 0.2) is 6.61 Å². The van der Waals surface area contributed by atoms with Gasteiger partial charge >= 0.3 is 0 Å². The summed E-state index contributed by atoms with van der Waals surface area (Å²) in [6.07, 6.45) is 1.43. The molecule has 132 valence electrons. The summed E-state index contributed by atoms with van der Waals surface area (Å²) in [4.78, 5) is 22.5. The third kappa shape index (κ3) is 4.80. The molecule has 8 nitrogen and oxygen atoms in total. The van der Waals surface area contributed by atoms with Gasteiger partial charge in [0, 0.05) is 25.2 Å². The third-order valence-corrected chi connectivity index (χ3v) is 3.67. The maximum Gasteiger partial charge on any atom is 0.263 e. The molecule has 0 atom stereocenters. The predicted octanol–water partition coefficient (Wildman–Crippen LogP) is 1.34. The summed E-state index contributed by atoms with van der Waals surface area (Å²) >= 11 is 0. The number of hydrogen-bond donors (Lipinski definition) is 1. The number of carbonyl (C=O) groups excluding carboxylic acids is 1. The second-order valence-electron chi connectivity index (χ2n) is 5.38. The van der Waals surface area contributed by atoms with Crippen LogP contribution in [-0.4, -0.2) is 55.9 Å². The van der Waals surface area contributed by atoms with Gasteiger partial charge in [-0.15, -0.1) is 0 Å². The zero-order valence-electron chi connectivity index (χ0n) is 14.0. The molecule has 1 fully saturated rings. The van der Waals surface area contributed by atoms with Crippen LogP contribution in [0.15, 0.2) is 36.7 Å². The fourth-order valence-corrected chi connectivity index (χ4v) is 2.40.